The predicted octanol–water partition coefficient (Wildman–Crippen LogP) is 2.11. The molecule has 0 amide bonds. The van der Waals surface area contributed by atoms with Crippen LogP contribution >= 0.6 is 11.3 Å². The molecule has 2 N–H and O–H groups in total. The van der Waals surface area contributed by atoms with Crippen LogP contribution in [0, 0.1) is 5.41 Å². The molecule has 0 unspecified atom stereocenters. The summed E-state index contributed by atoms with van der Waals surface area (Å²) in [5, 5.41) is 5.06. The maximum Gasteiger partial charge on any atom is 0.250 e. The largest absolute Gasteiger partial charge is 0.356 e. The highest BCUT2D eigenvalue weighted by molar-refractivity contribution is 7.91. The van der Waals surface area contributed by atoms with Crippen LogP contribution in [0.4, 0.5) is 0 Å². The van der Waals surface area contributed by atoms with Gasteiger partial charge in [0.05, 0.1) is 6.54 Å². The van der Waals surface area contributed by atoms with E-state index in [2.05, 4.69) is 47.6 Å². The van der Waals surface area contributed by atoms with E-state index < -0.39 is 10.0 Å². The molecule has 1 fully saturated rings. The highest BCUT2D eigenvalue weighted by atomic mass is 32.2. The number of nitrogens with one attached hydrogen (secondary N) is 2. The number of hydrogen-bond donors (Lipinski definition) is 2. The van der Waals surface area contributed by atoms with Gasteiger partial charge in [-0.15, -0.1) is 11.3 Å². The third-order valence-electron chi connectivity index (χ3n) is 4.90. The second-order valence-corrected chi connectivity index (χ2v) is 10.0. The molecule has 2 heterocycles. The number of aliphatic imine (C=N–C) groups is 1. The van der Waals surface area contributed by atoms with Gasteiger partial charge in [0.15, 0.2) is 5.96 Å². The quantitative estimate of drug-likeness (QED) is 0.456. The summed E-state index contributed by atoms with van der Waals surface area (Å²) in [4.78, 5) is 6.84. The number of likely N-dealkylation sites (tertiary alicyclic amines) is 1. The lowest BCUT2D eigenvalue weighted by molar-refractivity contribution is -0.0667. The van der Waals surface area contributed by atoms with Crippen LogP contribution in [0.25, 0.3) is 0 Å². The Morgan fingerprint density at radius 3 is 2.58 bits per heavy atom. The Morgan fingerprint density at radius 1 is 1.38 bits per heavy atom. The van der Waals surface area contributed by atoms with Crippen LogP contribution < -0.4 is 10.0 Å². The molecule has 0 bridgehead atoms. The van der Waals surface area contributed by atoms with Gasteiger partial charge in [0.1, 0.15) is 4.21 Å². The van der Waals surface area contributed by atoms with E-state index in [4.69, 9.17) is 0 Å². The zero-order valence-corrected chi connectivity index (χ0v) is 16.7. The smallest absolute Gasteiger partial charge is 0.250 e. The summed E-state index contributed by atoms with van der Waals surface area (Å²) in [6.45, 7) is 13.4. The van der Waals surface area contributed by atoms with E-state index in [1.165, 1.54) is 11.3 Å². The Kier molecular flexibility index (Phi) is 5.61. The standard InChI is InChI=1S/C16H28N4O2S2/c1-6-17-14(20-12-15(2,3)16(20,4)5)18-9-10-19-24(21,22)13-8-7-11-23-13/h7-8,11,19H,6,9-10,12H2,1-5H3,(H,17,18). The molecule has 1 aromatic heterocycles. The number of guanidine groups is 1. The minimum Gasteiger partial charge on any atom is -0.356 e. The maximum atomic E-state index is 12.1. The molecule has 8 heteroatoms. The van der Waals surface area contributed by atoms with E-state index >= 15 is 0 Å². The first-order valence-corrected chi connectivity index (χ1v) is 10.6. The van der Waals surface area contributed by atoms with E-state index in [1.54, 1.807) is 17.5 Å². The zero-order chi connectivity index (χ0) is 18.0. The lowest BCUT2D eigenvalue weighted by atomic mass is 9.65. The Labute approximate surface area is 149 Å². The highest BCUT2D eigenvalue weighted by Crippen LogP contribution is 2.46. The summed E-state index contributed by atoms with van der Waals surface area (Å²) < 4.78 is 27.1. The monoisotopic (exact) mass is 372 g/mol. The van der Waals surface area contributed by atoms with Gasteiger partial charge in [-0.2, -0.15) is 0 Å². The van der Waals surface area contributed by atoms with Crippen LogP contribution in [0.2, 0.25) is 0 Å². The molecule has 1 saturated heterocycles. The molecule has 24 heavy (non-hydrogen) atoms. The Morgan fingerprint density at radius 2 is 2.08 bits per heavy atom. The number of sulfonamides is 1. The first-order valence-electron chi connectivity index (χ1n) is 8.21. The Hall–Kier alpha value is -1.12. The summed E-state index contributed by atoms with van der Waals surface area (Å²) >= 11 is 1.21. The van der Waals surface area contributed by atoms with E-state index in [9.17, 15) is 8.42 Å². The number of rotatable bonds is 6. The van der Waals surface area contributed by atoms with E-state index in [0.717, 1.165) is 19.0 Å². The fourth-order valence-corrected chi connectivity index (χ4v) is 4.68. The molecule has 1 aliphatic heterocycles. The van der Waals surface area contributed by atoms with Crippen LogP contribution in [0.1, 0.15) is 34.6 Å². The second kappa shape index (κ2) is 7.01. The molecule has 136 valence electrons. The summed E-state index contributed by atoms with van der Waals surface area (Å²) in [6.07, 6.45) is 0. The van der Waals surface area contributed by atoms with Crippen molar-refractivity contribution in [2.75, 3.05) is 26.2 Å². The summed E-state index contributed by atoms with van der Waals surface area (Å²) in [7, 11) is -3.42. The average molecular weight is 373 g/mol. The van der Waals surface area contributed by atoms with Crippen molar-refractivity contribution in [2.24, 2.45) is 10.4 Å². The maximum absolute atomic E-state index is 12.1. The van der Waals surface area contributed by atoms with Crippen LogP contribution in [-0.4, -0.2) is 51.0 Å². The molecule has 0 radical (unpaired) electrons. The zero-order valence-electron chi connectivity index (χ0n) is 15.1. The number of thiophene rings is 1. The fourth-order valence-electron chi connectivity index (χ4n) is 2.62. The molecule has 0 atom stereocenters. The number of hydrogen-bond acceptors (Lipinski definition) is 4. The first-order chi connectivity index (χ1) is 11.1. The molecule has 6 nitrogen and oxygen atoms in total. The van der Waals surface area contributed by atoms with Gasteiger partial charge < -0.3 is 10.2 Å². The van der Waals surface area contributed by atoms with Gasteiger partial charge in [-0.3, -0.25) is 4.99 Å². The number of nitrogens with zero attached hydrogens (tertiary/aromatic N) is 2. The van der Waals surface area contributed by atoms with Crippen LogP contribution in [0.5, 0.6) is 0 Å². The van der Waals surface area contributed by atoms with Gasteiger partial charge in [0.25, 0.3) is 0 Å². The van der Waals surface area contributed by atoms with Crippen molar-refractivity contribution in [1.29, 1.82) is 0 Å². The summed E-state index contributed by atoms with van der Waals surface area (Å²) in [6, 6.07) is 3.33. The molecule has 0 saturated carbocycles. The van der Waals surface area contributed by atoms with Gasteiger partial charge in [0, 0.05) is 30.6 Å². The predicted molar refractivity (Wildman–Crippen MR) is 100 cm³/mol. The highest BCUT2D eigenvalue weighted by Gasteiger charge is 2.53. The molecule has 0 spiro atoms. The van der Waals surface area contributed by atoms with Gasteiger partial charge in [-0.25, -0.2) is 13.1 Å². The van der Waals surface area contributed by atoms with Crippen molar-refractivity contribution >= 4 is 27.3 Å². The molecule has 1 aromatic rings. The average Bonchev–Trinajstić information content (AvgIpc) is 3.03. The van der Waals surface area contributed by atoms with Crippen molar-refractivity contribution in [3.05, 3.63) is 17.5 Å². The summed E-state index contributed by atoms with van der Waals surface area (Å²) in [5.41, 5.74) is 0.244. The van der Waals surface area contributed by atoms with Gasteiger partial charge in [-0.05, 0) is 32.2 Å². The van der Waals surface area contributed by atoms with E-state index in [-0.39, 0.29) is 17.5 Å². The molecule has 1 aliphatic rings. The topological polar surface area (TPSA) is 73.8 Å². The van der Waals surface area contributed by atoms with E-state index in [1.807, 2.05) is 6.92 Å². The summed E-state index contributed by atoms with van der Waals surface area (Å²) in [5.74, 6) is 0.845. The minimum absolute atomic E-state index is 0.0183. The normalized spacial score (nSPS) is 19.9. The molecular weight excluding hydrogens is 344 g/mol. The molecular formula is C16H28N4O2S2. The SMILES string of the molecule is CCNC(=NCCNS(=O)(=O)c1cccs1)N1CC(C)(C)C1(C)C. The van der Waals surface area contributed by atoms with Crippen molar-refractivity contribution in [2.45, 2.75) is 44.4 Å². The van der Waals surface area contributed by atoms with Crippen molar-refractivity contribution in [1.82, 2.24) is 14.9 Å². The first kappa shape index (κ1) is 19.2. The lowest BCUT2D eigenvalue weighted by Gasteiger charge is -2.62. The van der Waals surface area contributed by atoms with Gasteiger partial charge >= 0.3 is 0 Å². The molecule has 0 aromatic carbocycles. The fraction of sp³-hybridized carbons (Fsp3) is 0.688. The van der Waals surface area contributed by atoms with Crippen LogP contribution in [0.3, 0.4) is 0 Å². The van der Waals surface area contributed by atoms with Crippen molar-refractivity contribution in [3.63, 3.8) is 0 Å². The Bertz CT molecular complexity index is 679. The lowest BCUT2D eigenvalue weighted by Crippen LogP contribution is -2.72. The van der Waals surface area contributed by atoms with Crippen molar-refractivity contribution in [3.8, 4) is 0 Å². The van der Waals surface area contributed by atoms with Crippen molar-refractivity contribution < 1.29 is 8.42 Å². The van der Waals surface area contributed by atoms with Gasteiger partial charge in [0.2, 0.25) is 10.0 Å². The second-order valence-electron chi connectivity index (χ2n) is 7.09. The van der Waals surface area contributed by atoms with Gasteiger partial charge in [-0.1, -0.05) is 19.9 Å². The minimum atomic E-state index is -3.42. The van der Waals surface area contributed by atoms with Crippen LogP contribution in [-0.2, 0) is 10.0 Å². The third-order valence-corrected chi connectivity index (χ3v) is 7.76. The Balaban J connectivity index is 1.96. The molecule has 2 rings (SSSR count). The van der Waals surface area contributed by atoms with E-state index in [0.29, 0.717) is 10.8 Å². The van der Waals surface area contributed by atoms with Crippen LogP contribution in [0.15, 0.2) is 26.7 Å². The third kappa shape index (κ3) is 3.75. The molecule has 0 aliphatic carbocycles.